The minimum absolute atomic E-state index is 0.0635. The van der Waals surface area contributed by atoms with Gasteiger partial charge >= 0.3 is 0 Å². The van der Waals surface area contributed by atoms with E-state index in [1.165, 1.54) is 35.0 Å². The second-order valence-electron chi connectivity index (χ2n) is 9.45. The summed E-state index contributed by atoms with van der Waals surface area (Å²) in [7, 11) is 0. The van der Waals surface area contributed by atoms with Crippen LogP contribution in [0.1, 0.15) is 34.0 Å². The Morgan fingerprint density at radius 1 is 1.05 bits per heavy atom. The molecule has 1 aliphatic heterocycles. The molecule has 6 rings (SSSR count). The second-order valence-corrected chi connectivity index (χ2v) is 11.4. The number of amides is 1. The van der Waals surface area contributed by atoms with Crippen LogP contribution >= 0.6 is 23.1 Å². The number of thioether (sulfide) groups is 1. The number of carbonyl (C=O) groups is 1. The number of benzene rings is 3. The first kappa shape index (κ1) is 24.6. The Hall–Kier alpha value is -3.68. The quantitative estimate of drug-likeness (QED) is 0.199. The number of para-hydroxylation sites is 1. The smallest absolute Gasteiger partial charge is 0.253 e. The number of aromatic nitrogens is 1. The molecule has 2 aromatic heterocycles. The molecule has 3 aromatic carbocycles. The van der Waals surface area contributed by atoms with Crippen molar-refractivity contribution in [1.82, 2.24) is 9.58 Å². The average molecular weight is 540 g/mol. The molecule has 3 heterocycles. The molecular formula is C31H26FN3OS2. The highest BCUT2D eigenvalue weighted by Gasteiger charge is 2.33. The van der Waals surface area contributed by atoms with Crippen molar-refractivity contribution in [3.05, 3.63) is 124 Å². The van der Waals surface area contributed by atoms with Gasteiger partial charge in [-0.1, -0.05) is 66.2 Å². The van der Waals surface area contributed by atoms with Crippen molar-refractivity contribution in [1.29, 1.82) is 0 Å². The first-order valence-electron chi connectivity index (χ1n) is 12.5. The first-order chi connectivity index (χ1) is 18.5. The van der Waals surface area contributed by atoms with Gasteiger partial charge in [0.25, 0.3) is 5.91 Å². The number of halogens is 1. The van der Waals surface area contributed by atoms with Crippen molar-refractivity contribution in [3.8, 4) is 0 Å². The van der Waals surface area contributed by atoms with E-state index in [0.29, 0.717) is 6.42 Å². The summed E-state index contributed by atoms with van der Waals surface area (Å²) < 4.78 is 15.9. The molecule has 0 aliphatic carbocycles. The van der Waals surface area contributed by atoms with Gasteiger partial charge in [-0.2, -0.15) is 5.10 Å². The molecule has 0 radical (unpaired) electrons. The van der Waals surface area contributed by atoms with E-state index in [4.69, 9.17) is 5.10 Å². The highest BCUT2D eigenvalue weighted by molar-refractivity contribution is 8.00. The van der Waals surface area contributed by atoms with Gasteiger partial charge in [0.05, 0.1) is 22.4 Å². The number of thiophene rings is 1. The molecule has 5 aromatic rings. The second kappa shape index (κ2) is 10.6. The van der Waals surface area contributed by atoms with E-state index in [1.54, 1.807) is 28.5 Å². The van der Waals surface area contributed by atoms with Gasteiger partial charge in [-0.05, 0) is 47.7 Å². The summed E-state index contributed by atoms with van der Waals surface area (Å²) in [5.74, 6) is -0.0924. The highest BCUT2D eigenvalue weighted by Crippen LogP contribution is 2.36. The van der Waals surface area contributed by atoms with Gasteiger partial charge in [0.15, 0.2) is 0 Å². The lowest BCUT2D eigenvalue weighted by molar-refractivity contribution is -0.130. The number of nitrogens with zero attached hydrogens (tertiary/aromatic N) is 3. The molecule has 0 N–H and O–H groups in total. The first-order valence-corrected chi connectivity index (χ1v) is 14.4. The molecule has 38 heavy (non-hydrogen) atoms. The van der Waals surface area contributed by atoms with Gasteiger partial charge < -0.3 is 4.57 Å². The average Bonchev–Trinajstić information content (AvgIpc) is 3.67. The molecule has 1 atom stereocenters. The summed E-state index contributed by atoms with van der Waals surface area (Å²) in [6.07, 6.45) is 2.76. The zero-order chi connectivity index (χ0) is 26.1. The third kappa shape index (κ3) is 5.04. The lowest BCUT2D eigenvalue weighted by Crippen LogP contribution is -2.28. The molecule has 7 heteroatoms. The molecular weight excluding hydrogens is 513 g/mol. The Morgan fingerprint density at radius 3 is 2.68 bits per heavy atom. The van der Waals surface area contributed by atoms with E-state index in [1.807, 2.05) is 29.6 Å². The summed E-state index contributed by atoms with van der Waals surface area (Å²) in [6, 6.07) is 27.0. The van der Waals surface area contributed by atoms with Crippen molar-refractivity contribution < 1.29 is 9.18 Å². The van der Waals surface area contributed by atoms with Crippen LogP contribution in [0.15, 0.2) is 107 Å². The van der Waals surface area contributed by atoms with E-state index in [9.17, 15) is 9.18 Å². The molecule has 4 nitrogen and oxygen atoms in total. The van der Waals surface area contributed by atoms with Crippen LogP contribution in [-0.2, 0) is 11.3 Å². The Morgan fingerprint density at radius 2 is 1.89 bits per heavy atom. The fourth-order valence-electron chi connectivity index (χ4n) is 4.95. The van der Waals surface area contributed by atoms with Crippen molar-refractivity contribution in [2.24, 2.45) is 5.10 Å². The van der Waals surface area contributed by atoms with E-state index >= 15 is 0 Å². The summed E-state index contributed by atoms with van der Waals surface area (Å²) in [5, 5.41) is 9.50. The fourth-order valence-corrected chi connectivity index (χ4v) is 6.61. The van der Waals surface area contributed by atoms with Gasteiger partial charge in [-0.3, -0.25) is 4.79 Å². The normalized spacial score (nSPS) is 15.3. The monoisotopic (exact) mass is 539 g/mol. The molecule has 1 unspecified atom stereocenters. The predicted molar refractivity (Wildman–Crippen MR) is 154 cm³/mol. The van der Waals surface area contributed by atoms with Crippen molar-refractivity contribution >= 4 is 45.6 Å². The maximum Gasteiger partial charge on any atom is 0.253 e. The van der Waals surface area contributed by atoms with Crippen LogP contribution < -0.4 is 0 Å². The van der Waals surface area contributed by atoms with E-state index < -0.39 is 0 Å². The third-order valence-corrected chi connectivity index (χ3v) is 8.71. The summed E-state index contributed by atoms with van der Waals surface area (Å²) in [6.45, 7) is 2.87. The van der Waals surface area contributed by atoms with Gasteiger partial charge in [-0.15, -0.1) is 23.1 Å². The van der Waals surface area contributed by atoms with E-state index in [2.05, 4.69) is 54.1 Å². The van der Waals surface area contributed by atoms with Crippen LogP contribution in [0.25, 0.3) is 10.9 Å². The van der Waals surface area contributed by atoms with Crippen LogP contribution in [-0.4, -0.2) is 26.9 Å². The number of carbonyl (C=O) groups excluding carboxylic acids is 1. The molecule has 0 saturated carbocycles. The third-order valence-electron chi connectivity index (χ3n) is 6.76. The lowest BCUT2D eigenvalue weighted by atomic mass is 10.0. The van der Waals surface area contributed by atoms with Crippen LogP contribution in [0.2, 0.25) is 0 Å². The van der Waals surface area contributed by atoms with Crippen LogP contribution in [0.3, 0.4) is 0 Å². The lowest BCUT2D eigenvalue weighted by Gasteiger charge is -2.22. The van der Waals surface area contributed by atoms with E-state index in [-0.39, 0.29) is 23.5 Å². The number of hydrogen-bond acceptors (Lipinski definition) is 4. The Balaban J connectivity index is 1.25. The maximum absolute atomic E-state index is 13.6. The number of hydrazone groups is 1. The Kier molecular flexibility index (Phi) is 6.87. The Labute approximate surface area is 229 Å². The number of fused-ring (bicyclic) bond motifs is 1. The maximum atomic E-state index is 13.6. The van der Waals surface area contributed by atoms with Crippen molar-refractivity contribution in [3.63, 3.8) is 0 Å². The summed E-state index contributed by atoms with van der Waals surface area (Å²) in [5.41, 5.74) is 5.40. The van der Waals surface area contributed by atoms with E-state index in [0.717, 1.165) is 38.5 Å². The summed E-state index contributed by atoms with van der Waals surface area (Å²) in [4.78, 5) is 15.7. The molecule has 0 spiro atoms. The minimum Gasteiger partial charge on any atom is -0.342 e. The molecule has 0 fully saturated rings. The summed E-state index contributed by atoms with van der Waals surface area (Å²) >= 11 is 3.15. The van der Waals surface area contributed by atoms with Gasteiger partial charge in [-0.25, -0.2) is 9.40 Å². The predicted octanol–water partition coefficient (Wildman–Crippen LogP) is 7.67. The molecule has 0 bridgehead atoms. The molecule has 0 saturated heterocycles. The minimum atomic E-state index is -0.290. The molecule has 1 aliphatic rings. The van der Waals surface area contributed by atoms with Gasteiger partial charge in [0.1, 0.15) is 5.82 Å². The standard InChI is InChI=1S/C31H26FN3OS2/c1-21-6-4-7-22(16-21)18-34-19-30(25-8-2-3-9-27(25)34)38-20-31(36)35-28(23-11-13-24(32)14-12-23)17-26(33-35)29-10-5-15-37-29/h2-16,19,28H,17-18,20H2,1H3. The zero-order valence-electron chi connectivity index (χ0n) is 20.9. The van der Waals surface area contributed by atoms with Crippen molar-refractivity contribution in [2.75, 3.05) is 5.75 Å². The largest absolute Gasteiger partial charge is 0.342 e. The van der Waals surface area contributed by atoms with Crippen LogP contribution in [0.5, 0.6) is 0 Å². The molecule has 190 valence electrons. The fraction of sp³-hybridized carbons (Fsp3) is 0.161. The van der Waals surface area contributed by atoms with Gasteiger partial charge in [0.2, 0.25) is 0 Å². The SMILES string of the molecule is Cc1cccc(Cn2cc(SCC(=O)N3N=C(c4cccs4)CC3c3ccc(F)cc3)c3ccccc32)c1. The number of aryl methyl sites for hydroxylation is 1. The Bertz CT molecular complexity index is 1620. The van der Waals surface area contributed by atoms with Crippen LogP contribution in [0.4, 0.5) is 4.39 Å². The number of rotatable bonds is 7. The molecule has 1 amide bonds. The van der Waals surface area contributed by atoms with Gasteiger partial charge in [0, 0.05) is 35.0 Å². The highest BCUT2D eigenvalue weighted by atomic mass is 32.2. The van der Waals surface area contributed by atoms with Crippen molar-refractivity contribution in [2.45, 2.75) is 30.8 Å². The topological polar surface area (TPSA) is 37.6 Å². The number of hydrogen-bond donors (Lipinski definition) is 0. The zero-order valence-corrected chi connectivity index (χ0v) is 22.5. The van der Waals surface area contributed by atoms with Crippen LogP contribution in [0, 0.1) is 12.7 Å².